The molecule has 14 heteroatoms. The van der Waals surface area contributed by atoms with Gasteiger partial charge in [0.1, 0.15) is 11.9 Å². The van der Waals surface area contributed by atoms with E-state index in [-0.39, 0.29) is 18.7 Å². The molecule has 5 amide bonds. The summed E-state index contributed by atoms with van der Waals surface area (Å²) in [4.78, 5) is 77.8. The molecule has 1 unspecified atom stereocenters. The first-order chi connectivity index (χ1) is 27.7. The minimum Gasteiger partial charge on any atom is -0.371 e. The molecule has 0 spiro atoms. The summed E-state index contributed by atoms with van der Waals surface area (Å²) in [7, 11) is 2.15. The predicted octanol–water partition coefficient (Wildman–Crippen LogP) is 5.54. The number of rotatable bonds is 10. The molecule has 4 aliphatic heterocycles. The van der Waals surface area contributed by atoms with Crippen molar-refractivity contribution in [1.29, 1.82) is 0 Å². The third kappa shape index (κ3) is 7.09. The summed E-state index contributed by atoms with van der Waals surface area (Å²) in [5.74, 6) is -1.13. The zero-order valence-electron chi connectivity index (χ0n) is 31.9. The molecule has 0 bridgehead atoms. The summed E-state index contributed by atoms with van der Waals surface area (Å²) >= 11 is 0. The average Bonchev–Trinajstić information content (AvgIpc) is 4.02. The zero-order chi connectivity index (χ0) is 39.2. The first kappa shape index (κ1) is 36.5. The fourth-order valence-electron chi connectivity index (χ4n) is 9.00. The highest BCUT2D eigenvalue weighted by Gasteiger charge is 2.46. The molecule has 0 radical (unpaired) electrons. The van der Waals surface area contributed by atoms with E-state index >= 15 is 0 Å². The average molecular weight is 768 g/mol. The predicted molar refractivity (Wildman–Crippen MR) is 214 cm³/mol. The molecule has 9 rings (SSSR count). The van der Waals surface area contributed by atoms with Gasteiger partial charge in [0.25, 0.3) is 17.7 Å². The van der Waals surface area contributed by atoms with Crippen LogP contribution < -0.4 is 15.5 Å². The molecule has 57 heavy (non-hydrogen) atoms. The molecule has 2 aromatic carbocycles. The van der Waals surface area contributed by atoms with E-state index in [4.69, 9.17) is 0 Å². The number of hydrogen-bond donors (Lipinski definition) is 3. The van der Waals surface area contributed by atoms with Gasteiger partial charge >= 0.3 is 0 Å². The Morgan fingerprint density at radius 2 is 1.72 bits per heavy atom. The van der Waals surface area contributed by atoms with E-state index in [1.165, 1.54) is 12.1 Å². The number of amides is 5. The van der Waals surface area contributed by atoms with E-state index in [9.17, 15) is 24.0 Å². The highest BCUT2D eigenvalue weighted by atomic mass is 16.2. The van der Waals surface area contributed by atoms with Crippen molar-refractivity contribution < 1.29 is 24.0 Å². The van der Waals surface area contributed by atoms with Crippen molar-refractivity contribution in [1.82, 2.24) is 34.9 Å². The normalized spacial score (nSPS) is 20.4. The Kier molecular flexibility index (Phi) is 9.65. The van der Waals surface area contributed by atoms with Gasteiger partial charge in [-0.1, -0.05) is 18.2 Å². The number of anilines is 2. The standard InChI is InChI=1S/C43H45N9O5/c1-49-17-4-8-34(49)33-21-29-23-44-37(22-32(29)46-33)47-40(54)28-11-9-27(10-12-28)30-24-45-51(25-30)18-3-5-26-15-19-50(20-16-26)35-7-2-6-31-39(35)43(57)52(42(31)56)36-13-14-38(53)48-41(36)55/h2,6-7,9-12,21-26,34,36,46H,3-5,8,13-20H2,1H3,(H,44,47,54)(H,48,53,55)/t34-,36?/m1/s1. The van der Waals surface area contributed by atoms with E-state index in [0.717, 1.165) is 90.9 Å². The van der Waals surface area contributed by atoms with Gasteiger partial charge < -0.3 is 15.2 Å². The van der Waals surface area contributed by atoms with Crippen molar-refractivity contribution in [2.24, 2.45) is 5.92 Å². The molecule has 4 aliphatic rings. The number of carbonyl (C=O) groups excluding carboxylic acids is 5. The smallest absolute Gasteiger partial charge is 0.264 e. The van der Waals surface area contributed by atoms with Crippen LogP contribution in [0.2, 0.25) is 0 Å². The number of nitrogens with zero attached hydrogens (tertiary/aromatic N) is 6. The maximum absolute atomic E-state index is 13.6. The Morgan fingerprint density at radius 3 is 2.49 bits per heavy atom. The lowest BCUT2D eigenvalue weighted by atomic mass is 9.91. The van der Waals surface area contributed by atoms with Crippen LogP contribution in [-0.4, -0.2) is 91.8 Å². The fourth-order valence-corrected chi connectivity index (χ4v) is 9.00. The number of fused-ring (bicyclic) bond motifs is 2. The number of hydrogen-bond acceptors (Lipinski definition) is 9. The zero-order valence-corrected chi connectivity index (χ0v) is 31.9. The first-order valence-electron chi connectivity index (χ1n) is 19.9. The van der Waals surface area contributed by atoms with Crippen molar-refractivity contribution in [3.05, 3.63) is 95.6 Å². The maximum atomic E-state index is 13.6. The number of carbonyl (C=O) groups is 5. The van der Waals surface area contributed by atoms with Gasteiger partial charge in [-0.25, -0.2) is 4.98 Å². The van der Waals surface area contributed by atoms with E-state index in [2.05, 4.69) is 48.6 Å². The Bertz CT molecular complexity index is 2390. The first-order valence-corrected chi connectivity index (χ1v) is 19.9. The second-order valence-electron chi connectivity index (χ2n) is 15.8. The second-order valence-corrected chi connectivity index (χ2v) is 15.8. The molecular weight excluding hydrogens is 723 g/mol. The molecule has 3 aromatic heterocycles. The number of piperidine rings is 2. The van der Waals surface area contributed by atoms with E-state index in [0.29, 0.717) is 34.5 Å². The van der Waals surface area contributed by atoms with Crippen molar-refractivity contribution >= 4 is 51.9 Å². The van der Waals surface area contributed by atoms with E-state index < -0.39 is 29.7 Å². The lowest BCUT2D eigenvalue weighted by Gasteiger charge is -2.34. The van der Waals surface area contributed by atoms with Crippen LogP contribution in [0.25, 0.3) is 22.0 Å². The van der Waals surface area contributed by atoms with Gasteiger partial charge in [0.15, 0.2) is 0 Å². The summed E-state index contributed by atoms with van der Waals surface area (Å²) in [5, 5.41) is 10.8. The van der Waals surface area contributed by atoms with Crippen molar-refractivity contribution in [2.45, 2.75) is 70.0 Å². The highest BCUT2D eigenvalue weighted by Crippen LogP contribution is 2.37. The highest BCUT2D eigenvalue weighted by molar-refractivity contribution is 6.25. The maximum Gasteiger partial charge on any atom is 0.264 e. The third-order valence-electron chi connectivity index (χ3n) is 12.2. The summed E-state index contributed by atoms with van der Waals surface area (Å²) in [6, 6.07) is 16.3. The van der Waals surface area contributed by atoms with Gasteiger partial charge in [0.2, 0.25) is 11.8 Å². The van der Waals surface area contributed by atoms with Crippen molar-refractivity contribution in [3.63, 3.8) is 0 Å². The Labute approximate surface area is 329 Å². The number of aryl methyl sites for hydroxylation is 1. The molecule has 3 fully saturated rings. The Morgan fingerprint density at radius 1 is 0.895 bits per heavy atom. The molecule has 3 saturated heterocycles. The molecular formula is C43H45N9O5. The van der Waals surface area contributed by atoms with Gasteiger partial charge in [0.05, 0.1) is 28.5 Å². The summed E-state index contributed by atoms with van der Waals surface area (Å²) in [6.45, 7) is 3.41. The number of H-pyrrole nitrogens is 1. The van der Waals surface area contributed by atoms with Gasteiger partial charge in [0, 0.05) is 72.8 Å². The molecule has 2 atom stereocenters. The fraction of sp³-hybridized carbons (Fsp3) is 0.372. The molecule has 3 N–H and O–H groups in total. The van der Waals surface area contributed by atoms with Crippen molar-refractivity contribution in [2.75, 3.05) is 36.9 Å². The van der Waals surface area contributed by atoms with Crippen LogP contribution in [0.4, 0.5) is 11.5 Å². The molecule has 5 aromatic rings. The molecule has 14 nitrogen and oxygen atoms in total. The molecule has 292 valence electrons. The lowest BCUT2D eigenvalue weighted by molar-refractivity contribution is -0.136. The van der Waals surface area contributed by atoms with E-state index in [1.807, 2.05) is 53.5 Å². The molecule has 7 heterocycles. The SMILES string of the molecule is CN1CCC[C@@H]1c1cc2cnc(NC(=O)c3ccc(-c4cnn(CCCC5CCN(c6cccc7c6C(=O)N(C6CCC(=O)NC6=O)C7=O)CC5)c4)cc3)cc2[nH]1. The van der Waals surface area contributed by atoms with Gasteiger partial charge in [-0.3, -0.25) is 43.8 Å². The lowest BCUT2D eigenvalue weighted by Crippen LogP contribution is -2.54. The minimum absolute atomic E-state index is 0.0902. The number of benzene rings is 2. The van der Waals surface area contributed by atoms with Crippen LogP contribution in [-0.2, 0) is 16.1 Å². The number of aromatic nitrogens is 4. The van der Waals surface area contributed by atoms with Crippen molar-refractivity contribution in [3.8, 4) is 11.1 Å². The van der Waals surface area contributed by atoms with Gasteiger partial charge in [-0.05, 0) is 100 Å². The summed E-state index contributed by atoms with van der Waals surface area (Å²) < 4.78 is 1.97. The number of likely N-dealkylation sites (tertiary alicyclic amines) is 1. The van der Waals surface area contributed by atoms with Crippen LogP contribution in [0.15, 0.2) is 73.2 Å². The van der Waals surface area contributed by atoms with Crippen LogP contribution in [0.3, 0.4) is 0 Å². The van der Waals surface area contributed by atoms with Crippen LogP contribution in [0, 0.1) is 5.92 Å². The second kappa shape index (κ2) is 15.1. The monoisotopic (exact) mass is 767 g/mol. The molecule has 0 saturated carbocycles. The Hall–Kier alpha value is -6.15. The Balaban J connectivity index is 0.753. The number of imide groups is 2. The van der Waals surface area contributed by atoms with Crippen LogP contribution in [0.5, 0.6) is 0 Å². The summed E-state index contributed by atoms with van der Waals surface area (Å²) in [5.41, 5.74) is 6.04. The number of pyridine rings is 1. The number of aromatic amines is 1. The van der Waals surface area contributed by atoms with Crippen LogP contribution >= 0.6 is 0 Å². The number of nitrogens with one attached hydrogen (secondary N) is 3. The molecule has 0 aliphatic carbocycles. The van der Waals surface area contributed by atoms with Gasteiger partial charge in [-0.2, -0.15) is 5.10 Å². The quantitative estimate of drug-likeness (QED) is 0.155. The topological polar surface area (TPSA) is 166 Å². The van der Waals surface area contributed by atoms with Gasteiger partial charge in [-0.15, -0.1) is 0 Å². The summed E-state index contributed by atoms with van der Waals surface area (Å²) in [6.07, 6.45) is 12.2. The third-order valence-corrected chi connectivity index (χ3v) is 12.2. The minimum atomic E-state index is -0.980. The largest absolute Gasteiger partial charge is 0.371 e. The van der Waals surface area contributed by atoms with E-state index in [1.54, 1.807) is 18.3 Å². The van der Waals surface area contributed by atoms with Crippen LogP contribution in [0.1, 0.15) is 94.2 Å².